The number of hydrogen-bond acceptors (Lipinski definition) is 3. The molecule has 3 saturated heterocycles. The molecule has 5 nitrogen and oxygen atoms in total. The van der Waals surface area contributed by atoms with Crippen LogP contribution < -0.4 is 0 Å². The highest BCUT2D eigenvalue weighted by Crippen LogP contribution is 2.32. The Morgan fingerprint density at radius 1 is 1.20 bits per heavy atom. The maximum atomic E-state index is 12.2. The number of rotatable bonds is 1. The van der Waals surface area contributed by atoms with Gasteiger partial charge in [-0.05, 0) is 40.3 Å². The van der Waals surface area contributed by atoms with Crippen molar-refractivity contribution in [3.05, 3.63) is 0 Å². The van der Waals surface area contributed by atoms with Gasteiger partial charge in [0.15, 0.2) is 0 Å². The average Bonchev–Trinajstić information content (AvgIpc) is 2.36. The van der Waals surface area contributed by atoms with E-state index in [4.69, 9.17) is 0 Å². The Morgan fingerprint density at radius 2 is 1.75 bits per heavy atom. The van der Waals surface area contributed by atoms with Crippen LogP contribution in [-0.4, -0.2) is 71.3 Å². The van der Waals surface area contributed by atoms with Gasteiger partial charge in [0.2, 0.25) is 5.91 Å². The van der Waals surface area contributed by atoms with Crippen LogP contribution in [0, 0.1) is 11.8 Å². The normalized spacial score (nSPS) is 24.9. The quantitative estimate of drug-likeness (QED) is 0.641. The molecular formula is C15H23N3O2. The highest BCUT2D eigenvalue weighted by atomic mass is 16.2. The molecule has 5 heteroatoms. The molecule has 2 bridgehead atoms. The average molecular weight is 277 g/mol. The standard InChI is InChI=1S/C15H23N3O2/c1-11(19)17-9-12-8-13(10-17)18(12)14(20)6-7-15(2,3)16(4)5/h12-13H,8-10H2,1-5H3. The predicted octanol–water partition coefficient (Wildman–Crippen LogP) is 0.162. The van der Waals surface area contributed by atoms with Crippen molar-refractivity contribution in [3.63, 3.8) is 0 Å². The van der Waals surface area contributed by atoms with E-state index in [1.54, 1.807) is 6.92 Å². The summed E-state index contributed by atoms with van der Waals surface area (Å²) in [5.41, 5.74) is -0.318. The number of fused-ring (bicyclic) bond motifs is 2. The first-order valence-electron chi connectivity index (χ1n) is 7.01. The largest absolute Gasteiger partial charge is 0.339 e. The molecule has 3 aliphatic rings. The summed E-state index contributed by atoms with van der Waals surface area (Å²) in [4.78, 5) is 29.2. The minimum absolute atomic E-state index is 0.0895. The SMILES string of the molecule is CC(=O)N1CC2CC(C1)N2C(=O)C#CC(C)(C)N(C)C. The van der Waals surface area contributed by atoms with E-state index in [1.165, 1.54) is 0 Å². The van der Waals surface area contributed by atoms with Crippen molar-refractivity contribution in [1.82, 2.24) is 14.7 Å². The fourth-order valence-electron chi connectivity index (χ4n) is 2.58. The van der Waals surface area contributed by atoms with Crippen LogP contribution in [0.25, 0.3) is 0 Å². The first-order valence-corrected chi connectivity index (χ1v) is 7.01. The van der Waals surface area contributed by atoms with E-state index in [2.05, 4.69) is 11.8 Å². The van der Waals surface area contributed by atoms with Crippen molar-refractivity contribution in [3.8, 4) is 11.8 Å². The van der Waals surface area contributed by atoms with Crippen molar-refractivity contribution < 1.29 is 9.59 Å². The smallest absolute Gasteiger partial charge is 0.299 e. The highest BCUT2D eigenvalue weighted by Gasteiger charge is 2.47. The van der Waals surface area contributed by atoms with Gasteiger partial charge in [0.25, 0.3) is 5.91 Å². The molecule has 0 aliphatic carbocycles. The number of piperazine rings is 1. The van der Waals surface area contributed by atoms with E-state index >= 15 is 0 Å². The van der Waals surface area contributed by atoms with Crippen molar-refractivity contribution in [2.45, 2.75) is 44.8 Å². The Labute approximate surface area is 120 Å². The van der Waals surface area contributed by atoms with Crippen molar-refractivity contribution in [2.75, 3.05) is 27.2 Å². The summed E-state index contributed by atoms with van der Waals surface area (Å²) in [6, 6.07) is 0.309. The summed E-state index contributed by atoms with van der Waals surface area (Å²) in [5.74, 6) is 5.79. The molecule has 0 aromatic rings. The van der Waals surface area contributed by atoms with Gasteiger partial charge in [-0.1, -0.05) is 5.92 Å². The molecule has 3 fully saturated rings. The lowest BCUT2D eigenvalue weighted by atomic mass is 9.87. The molecule has 2 atom stereocenters. The summed E-state index contributed by atoms with van der Waals surface area (Å²) >= 11 is 0. The zero-order valence-corrected chi connectivity index (χ0v) is 12.9. The second kappa shape index (κ2) is 5.10. The fraction of sp³-hybridized carbons (Fsp3) is 0.733. The second-order valence-electron chi connectivity index (χ2n) is 6.38. The maximum Gasteiger partial charge on any atom is 0.299 e. The number of carbonyl (C=O) groups is 2. The van der Waals surface area contributed by atoms with E-state index in [9.17, 15) is 9.59 Å². The van der Waals surface area contributed by atoms with Crippen LogP contribution in [0.15, 0.2) is 0 Å². The van der Waals surface area contributed by atoms with Crippen LogP contribution in [0.5, 0.6) is 0 Å². The molecule has 2 unspecified atom stereocenters. The van der Waals surface area contributed by atoms with Gasteiger partial charge < -0.3 is 9.80 Å². The first kappa shape index (κ1) is 14.9. The lowest BCUT2D eigenvalue weighted by Gasteiger charge is -2.55. The number of amides is 2. The molecule has 0 radical (unpaired) electrons. The lowest BCUT2D eigenvalue weighted by molar-refractivity contribution is -0.155. The molecule has 0 aromatic heterocycles. The highest BCUT2D eigenvalue weighted by molar-refractivity contribution is 5.95. The number of hydrogen-bond donors (Lipinski definition) is 0. The van der Waals surface area contributed by atoms with Crippen LogP contribution in [0.1, 0.15) is 27.2 Å². The van der Waals surface area contributed by atoms with E-state index in [-0.39, 0.29) is 29.4 Å². The molecule has 3 heterocycles. The van der Waals surface area contributed by atoms with E-state index in [0.717, 1.165) is 6.42 Å². The lowest BCUT2D eigenvalue weighted by Crippen LogP contribution is -2.70. The van der Waals surface area contributed by atoms with E-state index in [1.807, 2.05) is 42.6 Å². The minimum Gasteiger partial charge on any atom is -0.339 e. The van der Waals surface area contributed by atoms with Gasteiger partial charge >= 0.3 is 0 Å². The van der Waals surface area contributed by atoms with Crippen LogP contribution in [0.4, 0.5) is 0 Å². The van der Waals surface area contributed by atoms with Crippen molar-refractivity contribution >= 4 is 11.8 Å². The summed E-state index contributed by atoms with van der Waals surface area (Å²) in [5, 5.41) is 0. The summed E-state index contributed by atoms with van der Waals surface area (Å²) in [6.45, 7) is 6.85. The summed E-state index contributed by atoms with van der Waals surface area (Å²) in [6.07, 6.45) is 0.994. The Hall–Kier alpha value is -1.54. The molecule has 2 amide bonds. The van der Waals surface area contributed by atoms with Crippen LogP contribution >= 0.6 is 0 Å². The van der Waals surface area contributed by atoms with E-state index in [0.29, 0.717) is 13.1 Å². The number of nitrogens with zero attached hydrogens (tertiary/aromatic N) is 3. The van der Waals surface area contributed by atoms with Crippen LogP contribution in [0.3, 0.4) is 0 Å². The van der Waals surface area contributed by atoms with Gasteiger partial charge in [-0.15, -0.1) is 0 Å². The van der Waals surface area contributed by atoms with Gasteiger partial charge in [-0.2, -0.15) is 0 Å². The van der Waals surface area contributed by atoms with Crippen molar-refractivity contribution in [2.24, 2.45) is 0 Å². The predicted molar refractivity (Wildman–Crippen MR) is 76.8 cm³/mol. The van der Waals surface area contributed by atoms with Gasteiger partial charge in [0, 0.05) is 20.0 Å². The third kappa shape index (κ3) is 2.66. The summed E-state index contributed by atoms with van der Waals surface area (Å²) in [7, 11) is 3.89. The molecule has 0 saturated carbocycles. The Kier molecular flexibility index (Phi) is 3.79. The molecule has 3 aliphatic heterocycles. The molecule has 20 heavy (non-hydrogen) atoms. The van der Waals surface area contributed by atoms with Gasteiger partial charge in [0.1, 0.15) is 0 Å². The summed E-state index contributed by atoms with van der Waals surface area (Å²) < 4.78 is 0. The molecule has 110 valence electrons. The minimum atomic E-state index is -0.318. The zero-order chi connectivity index (χ0) is 15.1. The van der Waals surface area contributed by atoms with Gasteiger partial charge in [-0.3, -0.25) is 14.5 Å². The Balaban J connectivity index is 2.00. The third-order valence-electron chi connectivity index (χ3n) is 4.47. The van der Waals surface area contributed by atoms with Gasteiger partial charge in [0.05, 0.1) is 17.6 Å². The monoisotopic (exact) mass is 277 g/mol. The second-order valence-corrected chi connectivity index (χ2v) is 6.38. The molecule has 0 N–H and O–H groups in total. The fourth-order valence-corrected chi connectivity index (χ4v) is 2.58. The van der Waals surface area contributed by atoms with Crippen LogP contribution in [-0.2, 0) is 9.59 Å². The Morgan fingerprint density at radius 3 is 2.20 bits per heavy atom. The van der Waals surface area contributed by atoms with E-state index < -0.39 is 0 Å². The van der Waals surface area contributed by atoms with Crippen LogP contribution in [0.2, 0.25) is 0 Å². The van der Waals surface area contributed by atoms with Gasteiger partial charge in [-0.25, -0.2) is 0 Å². The molecule has 3 rings (SSSR count). The maximum absolute atomic E-state index is 12.2. The van der Waals surface area contributed by atoms with Crippen molar-refractivity contribution in [1.29, 1.82) is 0 Å². The number of carbonyl (C=O) groups excluding carboxylic acids is 2. The Bertz CT molecular complexity index is 475. The molecular weight excluding hydrogens is 254 g/mol. The first-order chi connectivity index (χ1) is 9.22. The molecule has 0 aromatic carbocycles. The topological polar surface area (TPSA) is 43.9 Å². The zero-order valence-electron chi connectivity index (χ0n) is 12.9. The third-order valence-corrected chi connectivity index (χ3v) is 4.47. The molecule has 0 spiro atoms. The number of piperidine rings is 1.